The number of rotatable bonds is 6. The number of aliphatic imine (C=N–C) groups is 1. The number of anilines is 1. The average Bonchev–Trinajstić information content (AvgIpc) is 2.62. The first-order chi connectivity index (χ1) is 12.0. The first-order valence-corrected chi connectivity index (χ1v) is 9.22. The fourth-order valence-electron chi connectivity index (χ4n) is 2.67. The Bertz CT molecular complexity index is 582. The zero-order valence-corrected chi connectivity index (χ0v) is 15.8. The minimum atomic E-state index is 0.0263. The van der Waals surface area contributed by atoms with E-state index in [-0.39, 0.29) is 11.9 Å². The first kappa shape index (κ1) is 19.4. The van der Waals surface area contributed by atoms with Gasteiger partial charge in [0, 0.05) is 49.4 Å². The Morgan fingerprint density at radius 3 is 2.52 bits per heavy atom. The number of carbonyl (C=O) groups excluding carboxylic acids is 1. The molecule has 1 heterocycles. The molecule has 1 unspecified atom stereocenters. The van der Waals surface area contributed by atoms with E-state index in [1.165, 1.54) is 5.69 Å². The van der Waals surface area contributed by atoms with Crippen LogP contribution in [0.15, 0.2) is 29.3 Å². The van der Waals surface area contributed by atoms with Gasteiger partial charge in [-0.25, -0.2) is 0 Å². The highest BCUT2D eigenvalue weighted by atomic mass is 35.5. The number of hydrogen-bond donors (Lipinski definition) is 2. The number of halogens is 1. The van der Waals surface area contributed by atoms with Crippen molar-refractivity contribution < 1.29 is 4.79 Å². The third-order valence-corrected chi connectivity index (χ3v) is 4.68. The van der Waals surface area contributed by atoms with E-state index in [0.29, 0.717) is 18.9 Å². The average molecular weight is 366 g/mol. The number of piperazine rings is 1. The number of nitrogens with zero attached hydrogens (tertiary/aromatic N) is 3. The highest BCUT2D eigenvalue weighted by Gasteiger charge is 2.18. The van der Waals surface area contributed by atoms with Crippen LogP contribution in [-0.2, 0) is 4.79 Å². The van der Waals surface area contributed by atoms with Gasteiger partial charge in [0.25, 0.3) is 0 Å². The van der Waals surface area contributed by atoms with E-state index in [9.17, 15) is 4.79 Å². The lowest BCUT2D eigenvalue weighted by Gasteiger charge is -2.36. The highest BCUT2D eigenvalue weighted by Crippen LogP contribution is 2.19. The van der Waals surface area contributed by atoms with E-state index >= 15 is 0 Å². The van der Waals surface area contributed by atoms with Gasteiger partial charge >= 0.3 is 0 Å². The van der Waals surface area contributed by atoms with Crippen molar-refractivity contribution in [3.8, 4) is 0 Å². The van der Waals surface area contributed by atoms with Crippen LogP contribution in [0, 0.1) is 0 Å². The summed E-state index contributed by atoms with van der Waals surface area (Å²) in [7, 11) is 0. The lowest BCUT2D eigenvalue weighted by atomic mass is 10.2. The van der Waals surface area contributed by atoms with Crippen molar-refractivity contribution in [2.75, 3.05) is 37.6 Å². The third kappa shape index (κ3) is 6.12. The Morgan fingerprint density at radius 1 is 1.28 bits per heavy atom. The smallest absolute Gasteiger partial charge is 0.222 e. The van der Waals surface area contributed by atoms with E-state index < -0.39 is 0 Å². The minimum Gasteiger partial charge on any atom is -0.370 e. The van der Waals surface area contributed by atoms with Gasteiger partial charge in [-0.15, -0.1) is 0 Å². The van der Waals surface area contributed by atoms with Crippen LogP contribution in [-0.4, -0.2) is 55.5 Å². The van der Waals surface area contributed by atoms with E-state index in [2.05, 4.69) is 20.1 Å². The molecule has 0 aromatic heterocycles. The summed E-state index contributed by atoms with van der Waals surface area (Å²) in [5, 5.41) is 3.68. The summed E-state index contributed by atoms with van der Waals surface area (Å²) < 4.78 is 0. The molecule has 0 saturated carbocycles. The van der Waals surface area contributed by atoms with Crippen molar-refractivity contribution in [1.29, 1.82) is 0 Å². The maximum absolute atomic E-state index is 11.7. The second-order valence-corrected chi connectivity index (χ2v) is 6.75. The fourth-order valence-corrected chi connectivity index (χ4v) is 2.79. The molecule has 0 radical (unpaired) electrons. The van der Waals surface area contributed by atoms with Crippen LogP contribution in [0.4, 0.5) is 5.69 Å². The zero-order valence-electron chi connectivity index (χ0n) is 15.0. The number of benzene rings is 1. The van der Waals surface area contributed by atoms with E-state index in [1.54, 1.807) is 0 Å². The number of guanidine groups is 1. The van der Waals surface area contributed by atoms with Gasteiger partial charge in [0.05, 0.1) is 6.54 Å². The molecule has 1 atom stereocenters. The van der Waals surface area contributed by atoms with E-state index in [4.69, 9.17) is 17.3 Å². The topological polar surface area (TPSA) is 74.0 Å². The molecule has 6 nitrogen and oxygen atoms in total. The van der Waals surface area contributed by atoms with E-state index in [1.807, 2.05) is 38.1 Å². The summed E-state index contributed by atoms with van der Waals surface area (Å²) in [5.41, 5.74) is 7.24. The normalized spacial score (nSPS) is 16.7. The largest absolute Gasteiger partial charge is 0.370 e. The molecule has 25 heavy (non-hydrogen) atoms. The lowest BCUT2D eigenvalue weighted by molar-refractivity contribution is -0.121. The number of nitrogens with one attached hydrogen (secondary N) is 1. The first-order valence-electron chi connectivity index (χ1n) is 8.84. The maximum Gasteiger partial charge on any atom is 0.222 e. The molecule has 1 fully saturated rings. The van der Waals surface area contributed by atoms with Gasteiger partial charge in [-0.2, -0.15) is 0 Å². The molecule has 7 heteroatoms. The lowest BCUT2D eigenvalue weighted by Crippen LogP contribution is -2.51. The SMILES string of the molecule is CCC(C)NC(=O)CCN=C(N)N1CCN(c2ccc(Cl)cc2)CC1. The summed E-state index contributed by atoms with van der Waals surface area (Å²) in [6.07, 6.45) is 1.30. The van der Waals surface area contributed by atoms with Crippen molar-refractivity contribution in [1.82, 2.24) is 10.2 Å². The van der Waals surface area contributed by atoms with Crippen LogP contribution < -0.4 is 16.0 Å². The molecule has 0 aliphatic carbocycles. The van der Waals surface area contributed by atoms with Gasteiger partial charge in [0.15, 0.2) is 5.96 Å². The number of carbonyl (C=O) groups is 1. The molecule has 1 aliphatic rings. The number of hydrogen-bond acceptors (Lipinski definition) is 3. The standard InChI is InChI=1S/C18H28ClN5O/c1-3-14(2)22-17(25)8-9-21-18(20)24-12-10-23(11-13-24)16-6-4-15(19)5-7-16/h4-7,14H,3,8-13H2,1-2H3,(H2,20,21)(H,22,25). The molecule has 2 rings (SSSR count). The number of amides is 1. The Kier molecular flexibility index (Phi) is 7.37. The Hall–Kier alpha value is -1.95. The van der Waals surface area contributed by atoms with Gasteiger partial charge in [-0.05, 0) is 37.6 Å². The molecule has 0 spiro atoms. The predicted molar refractivity (Wildman–Crippen MR) is 104 cm³/mol. The molecular weight excluding hydrogens is 338 g/mol. The molecule has 1 aliphatic heterocycles. The second kappa shape index (κ2) is 9.51. The van der Waals surface area contributed by atoms with Crippen LogP contribution in [0.5, 0.6) is 0 Å². The van der Waals surface area contributed by atoms with Crippen LogP contribution in [0.3, 0.4) is 0 Å². The molecule has 1 aromatic rings. The summed E-state index contributed by atoms with van der Waals surface area (Å²) in [6, 6.07) is 8.08. The summed E-state index contributed by atoms with van der Waals surface area (Å²) in [4.78, 5) is 20.5. The molecule has 0 bridgehead atoms. The molecule has 138 valence electrons. The van der Waals surface area contributed by atoms with Gasteiger partial charge in [0.2, 0.25) is 5.91 Å². The van der Waals surface area contributed by atoms with Crippen molar-refractivity contribution in [3.05, 3.63) is 29.3 Å². The number of nitrogens with two attached hydrogens (primary N) is 1. The summed E-state index contributed by atoms with van der Waals surface area (Å²) in [5.74, 6) is 0.547. The second-order valence-electron chi connectivity index (χ2n) is 6.32. The fraction of sp³-hybridized carbons (Fsp3) is 0.556. The summed E-state index contributed by atoms with van der Waals surface area (Å²) in [6.45, 7) is 7.86. The minimum absolute atomic E-state index is 0.0263. The van der Waals surface area contributed by atoms with Crippen molar-refractivity contribution >= 4 is 29.2 Å². The van der Waals surface area contributed by atoms with Gasteiger partial charge < -0.3 is 20.9 Å². The van der Waals surface area contributed by atoms with Gasteiger partial charge in [-0.3, -0.25) is 9.79 Å². The van der Waals surface area contributed by atoms with E-state index in [0.717, 1.165) is 37.6 Å². The van der Waals surface area contributed by atoms with Crippen LogP contribution in [0.1, 0.15) is 26.7 Å². The van der Waals surface area contributed by atoms with Crippen LogP contribution >= 0.6 is 11.6 Å². The highest BCUT2D eigenvalue weighted by molar-refractivity contribution is 6.30. The monoisotopic (exact) mass is 365 g/mol. The molecule has 1 saturated heterocycles. The van der Waals surface area contributed by atoms with Crippen molar-refractivity contribution in [2.24, 2.45) is 10.7 Å². The molecule has 3 N–H and O–H groups in total. The predicted octanol–water partition coefficient (Wildman–Crippen LogP) is 2.08. The van der Waals surface area contributed by atoms with Crippen molar-refractivity contribution in [3.63, 3.8) is 0 Å². The Labute approximate surface area is 155 Å². The third-order valence-electron chi connectivity index (χ3n) is 4.43. The van der Waals surface area contributed by atoms with Crippen molar-refractivity contribution in [2.45, 2.75) is 32.7 Å². The van der Waals surface area contributed by atoms with Crippen LogP contribution in [0.25, 0.3) is 0 Å². The molecule has 1 aromatic carbocycles. The maximum atomic E-state index is 11.7. The molecule has 1 amide bonds. The van der Waals surface area contributed by atoms with Gasteiger partial charge in [-0.1, -0.05) is 18.5 Å². The quantitative estimate of drug-likeness (QED) is 0.598. The Morgan fingerprint density at radius 2 is 1.92 bits per heavy atom. The zero-order chi connectivity index (χ0) is 18.2. The Balaban J connectivity index is 1.75. The van der Waals surface area contributed by atoms with Crippen LogP contribution in [0.2, 0.25) is 5.02 Å². The summed E-state index contributed by atoms with van der Waals surface area (Å²) >= 11 is 5.93. The van der Waals surface area contributed by atoms with Gasteiger partial charge in [0.1, 0.15) is 0 Å². The molecular formula is C18H28ClN5O.